The SMILES string of the molecule is COc1cc(NC(=O)C(NC(=O)c2ccc(F)cc2)C(C)C)ccc1C(=O)O. The number of methoxy groups -OCH3 is 1. The lowest BCUT2D eigenvalue weighted by atomic mass is 10.0. The molecule has 0 fully saturated rings. The van der Waals surface area contributed by atoms with Crippen molar-refractivity contribution in [1.82, 2.24) is 5.32 Å². The molecule has 1 atom stereocenters. The molecule has 0 saturated heterocycles. The van der Waals surface area contributed by atoms with E-state index >= 15 is 0 Å². The Morgan fingerprint density at radius 2 is 1.71 bits per heavy atom. The Labute approximate surface area is 161 Å². The Kier molecular flexibility index (Phi) is 6.70. The van der Waals surface area contributed by atoms with E-state index < -0.39 is 29.6 Å². The minimum Gasteiger partial charge on any atom is -0.496 e. The van der Waals surface area contributed by atoms with Crippen LogP contribution in [-0.2, 0) is 4.79 Å². The summed E-state index contributed by atoms with van der Waals surface area (Å²) in [5.74, 6) is -2.73. The maximum absolute atomic E-state index is 13.0. The number of ether oxygens (including phenoxy) is 1. The van der Waals surface area contributed by atoms with Gasteiger partial charge in [-0.3, -0.25) is 9.59 Å². The Morgan fingerprint density at radius 1 is 1.07 bits per heavy atom. The third kappa shape index (κ3) is 5.06. The molecule has 2 aromatic carbocycles. The number of hydrogen-bond donors (Lipinski definition) is 3. The number of carboxylic acid groups (broad SMARTS) is 1. The third-order valence-corrected chi connectivity index (χ3v) is 4.04. The van der Waals surface area contributed by atoms with Crippen molar-refractivity contribution in [3.63, 3.8) is 0 Å². The van der Waals surface area contributed by atoms with Crippen molar-refractivity contribution < 1.29 is 28.6 Å². The molecule has 28 heavy (non-hydrogen) atoms. The van der Waals surface area contributed by atoms with Crippen LogP contribution in [0.2, 0.25) is 0 Å². The Hall–Kier alpha value is -3.42. The molecule has 7 nitrogen and oxygen atoms in total. The zero-order valence-corrected chi connectivity index (χ0v) is 15.7. The molecule has 2 aromatic rings. The molecule has 0 heterocycles. The monoisotopic (exact) mass is 388 g/mol. The zero-order chi connectivity index (χ0) is 20.8. The van der Waals surface area contributed by atoms with Crippen LogP contribution in [0.15, 0.2) is 42.5 Å². The van der Waals surface area contributed by atoms with Crippen molar-refractivity contribution in [2.45, 2.75) is 19.9 Å². The molecule has 1 unspecified atom stereocenters. The van der Waals surface area contributed by atoms with E-state index in [1.54, 1.807) is 13.8 Å². The van der Waals surface area contributed by atoms with Gasteiger partial charge in [0.05, 0.1) is 7.11 Å². The lowest BCUT2D eigenvalue weighted by Gasteiger charge is -2.22. The summed E-state index contributed by atoms with van der Waals surface area (Å²) in [5.41, 5.74) is 0.520. The van der Waals surface area contributed by atoms with Gasteiger partial charge in [-0.25, -0.2) is 9.18 Å². The van der Waals surface area contributed by atoms with Crippen LogP contribution in [-0.4, -0.2) is 36.0 Å². The first kappa shape index (κ1) is 20.9. The van der Waals surface area contributed by atoms with E-state index in [0.29, 0.717) is 5.69 Å². The molecule has 0 bridgehead atoms. The molecule has 0 aliphatic carbocycles. The predicted molar refractivity (Wildman–Crippen MR) is 101 cm³/mol. The van der Waals surface area contributed by atoms with Crippen LogP contribution in [0.25, 0.3) is 0 Å². The van der Waals surface area contributed by atoms with Gasteiger partial charge in [-0.1, -0.05) is 13.8 Å². The number of carbonyl (C=O) groups is 3. The van der Waals surface area contributed by atoms with Crippen molar-refractivity contribution in [3.05, 3.63) is 59.4 Å². The van der Waals surface area contributed by atoms with E-state index in [4.69, 9.17) is 9.84 Å². The highest BCUT2D eigenvalue weighted by atomic mass is 19.1. The van der Waals surface area contributed by atoms with Gasteiger partial charge in [0.1, 0.15) is 23.2 Å². The molecule has 3 N–H and O–H groups in total. The number of nitrogens with one attached hydrogen (secondary N) is 2. The number of benzene rings is 2. The maximum Gasteiger partial charge on any atom is 0.339 e. The van der Waals surface area contributed by atoms with Gasteiger partial charge < -0.3 is 20.5 Å². The summed E-state index contributed by atoms with van der Waals surface area (Å²) in [4.78, 5) is 36.1. The van der Waals surface area contributed by atoms with Gasteiger partial charge in [0.25, 0.3) is 5.91 Å². The van der Waals surface area contributed by atoms with Gasteiger partial charge in [-0.05, 0) is 42.3 Å². The molecule has 2 rings (SSSR count). The van der Waals surface area contributed by atoms with E-state index in [9.17, 15) is 18.8 Å². The Balaban J connectivity index is 2.15. The fourth-order valence-corrected chi connectivity index (χ4v) is 2.53. The lowest BCUT2D eigenvalue weighted by Crippen LogP contribution is -2.47. The van der Waals surface area contributed by atoms with E-state index in [1.807, 2.05) is 0 Å². The first-order valence-corrected chi connectivity index (χ1v) is 8.51. The normalized spacial score (nSPS) is 11.6. The summed E-state index contributed by atoms with van der Waals surface area (Å²) in [5, 5.41) is 14.4. The predicted octanol–water partition coefficient (Wildman–Crippen LogP) is 2.93. The standard InChI is InChI=1S/C20H21FN2O5/c1-11(2)17(23-18(24)12-4-6-13(21)7-5-12)19(25)22-14-8-9-15(20(26)27)16(10-14)28-3/h4-11,17H,1-3H3,(H,22,25)(H,23,24)(H,26,27). The van der Waals surface area contributed by atoms with Crippen LogP contribution in [0.3, 0.4) is 0 Å². The van der Waals surface area contributed by atoms with Crippen LogP contribution in [0.5, 0.6) is 5.75 Å². The first-order valence-electron chi connectivity index (χ1n) is 8.51. The van der Waals surface area contributed by atoms with Crippen molar-refractivity contribution >= 4 is 23.5 Å². The van der Waals surface area contributed by atoms with Gasteiger partial charge in [-0.15, -0.1) is 0 Å². The number of anilines is 1. The van der Waals surface area contributed by atoms with Gasteiger partial charge in [0.2, 0.25) is 5.91 Å². The number of rotatable bonds is 7. The smallest absolute Gasteiger partial charge is 0.339 e. The van der Waals surface area contributed by atoms with Crippen LogP contribution in [0.4, 0.5) is 10.1 Å². The minimum absolute atomic E-state index is 0.0366. The fourth-order valence-electron chi connectivity index (χ4n) is 2.53. The minimum atomic E-state index is -1.15. The van der Waals surface area contributed by atoms with Crippen molar-refractivity contribution in [2.75, 3.05) is 12.4 Å². The third-order valence-electron chi connectivity index (χ3n) is 4.04. The van der Waals surface area contributed by atoms with Gasteiger partial charge >= 0.3 is 5.97 Å². The largest absolute Gasteiger partial charge is 0.496 e. The maximum atomic E-state index is 13.0. The van der Waals surface area contributed by atoms with E-state index in [1.165, 1.54) is 37.4 Å². The molecular formula is C20H21FN2O5. The van der Waals surface area contributed by atoms with E-state index in [0.717, 1.165) is 12.1 Å². The highest BCUT2D eigenvalue weighted by Crippen LogP contribution is 2.23. The molecule has 0 aliphatic heterocycles. The summed E-state index contributed by atoms with van der Waals surface area (Å²) >= 11 is 0. The summed E-state index contributed by atoms with van der Waals surface area (Å²) in [6.45, 7) is 3.53. The van der Waals surface area contributed by atoms with E-state index in [2.05, 4.69) is 10.6 Å². The molecule has 0 radical (unpaired) electrons. The average molecular weight is 388 g/mol. The van der Waals surface area contributed by atoms with Gasteiger partial charge in [0, 0.05) is 17.3 Å². The number of carboxylic acids is 1. The number of hydrogen-bond acceptors (Lipinski definition) is 4. The molecule has 148 valence electrons. The zero-order valence-electron chi connectivity index (χ0n) is 15.7. The topological polar surface area (TPSA) is 105 Å². The number of aromatic carboxylic acids is 1. The second-order valence-corrected chi connectivity index (χ2v) is 6.41. The summed E-state index contributed by atoms with van der Waals surface area (Å²) in [6, 6.07) is 8.26. The van der Waals surface area contributed by atoms with Crippen LogP contribution in [0.1, 0.15) is 34.6 Å². The molecule has 0 spiro atoms. The lowest BCUT2D eigenvalue weighted by molar-refractivity contribution is -0.118. The second kappa shape index (κ2) is 8.98. The van der Waals surface area contributed by atoms with Crippen molar-refractivity contribution in [2.24, 2.45) is 5.92 Å². The van der Waals surface area contributed by atoms with Crippen molar-refractivity contribution in [3.8, 4) is 5.75 Å². The summed E-state index contributed by atoms with van der Waals surface area (Å²) in [7, 11) is 1.33. The van der Waals surface area contributed by atoms with Crippen LogP contribution < -0.4 is 15.4 Å². The molecule has 0 saturated carbocycles. The van der Waals surface area contributed by atoms with Crippen molar-refractivity contribution in [1.29, 1.82) is 0 Å². The molecule has 8 heteroatoms. The quantitative estimate of drug-likeness (QED) is 0.676. The fraction of sp³-hybridized carbons (Fsp3) is 0.250. The number of amides is 2. The molecule has 2 amide bonds. The second-order valence-electron chi connectivity index (χ2n) is 6.41. The van der Waals surface area contributed by atoms with E-state index in [-0.39, 0.29) is 22.8 Å². The first-order chi connectivity index (χ1) is 13.2. The van der Waals surface area contributed by atoms with Gasteiger partial charge in [-0.2, -0.15) is 0 Å². The molecule has 0 aromatic heterocycles. The summed E-state index contributed by atoms with van der Waals surface area (Å²) in [6.07, 6.45) is 0. The Morgan fingerprint density at radius 3 is 2.25 bits per heavy atom. The van der Waals surface area contributed by atoms with Gasteiger partial charge in [0.15, 0.2) is 0 Å². The highest BCUT2D eigenvalue weighted by Gasteiger charge is 2.25. The Bertz CT molecular complexity index is 881. The molecule has 0 aliphatic rings. The van der Waals surface area contributed by atoms with Crippen LogP contribution in [0, 0.1) is 11.7 Å². The number of halogens is 1. The summed E-state index contributed by atoms with van der Waals surface area (Å²) < 4.78 is 18.0. The average Bonchev–Trinajstić information content (AvgIpc) is 2.65. The highest BCUT2D eigenvalue weighted by molar-refractivity contribution is 6.01. The number of carbonyl (C=O) groups excluding carboxylic acids is 2. The van der Waals surface area contributed by atoms with Crippen LogP contribution >= 0.6 is 0 Å². The molecular weight excluding hydrogens is 367 g/mol.